The van der Waals surface area contributed by atoms with Gasteiger partial charge in [-0.25, -0.2) is 0 Å². The van der Waals surface area contributed by atoms with Crippen LogP contribution in [0, 0.1) is 0 Å². The lowest BCUT2D eigenvalue weighted by molar-refractivity contribution is -0.116. The fourth-order valence-corrected chi connectivity index (χ4v) is 3.60. The van der Waals surface area contributed by atoms with Crippen LogP contribution in [0.5, 0.6) is 0 Å². The number of nitrogens with one attached hydrogen (secondary N) is 1. The second kappa shape index (κ2) is 6.68. The molecule has 0 aromatic heterocycles. The number of anilines is 1. The summed E-state index contributed by atoms with van der Waals surface area (Å²) in [5, 5.41) is 4.73. The van der Waals surface area contributed by atoms with Crippen molar-refractivity contribution in [1.29, 1.82) is 0 Å². The molecule has 7 heteroatoms. The minimum Gasteiger partial charge on any atom is -0.323 e. The first-order chi connectivity index (χ1) is 13.0. The lowest BCUT2D eigenvalue weighted by atomic mass is 9.94. The minimum absolute atomic E-state index is 0.266. The number of imide groups is 1. The zero-order valence-corrected chi connectivity index (χ0v) is 15.3. The standard InChI is InChI=1S/C20H12Cl2N2O3/c21-12-7-8-16(15(22)9-12)23-17(25)10-24-19(26)13-5-1-3-11-4-2-6-14(18(11)13)20(24)27/h1-9H,10H2,(H,23,25). The molecule has 1 heterocycles. The average molecular weight is 399 g/mol. The molecule has 0 bridgehead atoms. The van der Waals surface area contributed by atoms with Gasteiger partial charge in [0.05, 0.1) is 10.7 Å². The zero-order valence-electron chi connectivity index (χ0n) is 13.8. The monoisotopic (exact) mass is 398 g/mol. The van der Waals surface area contributed by atoms with Gasteiger partial charge >= 0.3 is 0 Å². The van der Waals surface area contributed by atoms with Crippen LogP contribution in [-0.4, -0.2) is 29.2 Å². The van der Waals surface area contributed by atoms with Gasteiger partial charge in [0.25, 0.3) is 11.8 Å². The minimum atomic E-state index is -0.535. The molecular formula is C20H12Cl2N2O3. The molecule has 0 saturated carbocycles. The molecule has 3 aromatic rings. The Kier molecular flexibility index (Phi) is 4.34. The van der Waals surface area contributed by atoms with Gasteiger partial charge in [0.15, 0.2) is 0 Å². The molecule has 3 aromatic carbocycles. The summed E-state index contributed by atoms with van der Waals surface area (Å²) in [5.41, 5.74) is 1.16. The smallest absolute Gasteiger partial charge is 0.261 e. The van der Waals surface area contributed by atoms with Crippen LogP contribution in [0.1, 0.15) is 20.7 Å². The van der Waals surface area contributed by atoms with Gasteiger partial charge in [-0.1, -0.05) is 47.5 Å². The van der Waals surface area contributed by atoms with Crippen LogP contribution in [0.4, 0.5) is 5.69 Å². The van der Waals surface area contributed by atoms with Crippen LogP contribution < -0.4 is 5.32 Å². The Bertz CT molecular complexity index is 1080. The molecule has 1 aliphatic heterocycles. The number of carbonyl (C=O) groups excluding carboxylic acids is 3. The molecule has 27 heavy (non-hydrogen) atoms. The lowest BCUT2D eigenvalue weighted by Crippen LogP contribution is -2.44. The molecule has 0 radical (unpaired) electrons. The van der Waals surface area contributed by atoms with Gasteiger partial charge in [-0.05, 0) is 35.7 Å². The second-order valence-electron chi connectivity index (χ2n) is 6.08. The third-order valence-corrected chi connectivity index (χ3v) is 4.91. The van der Waals surface area contributed by atoms with Crippen LogP contribution in [-0.2, 0) is 4.79 Å². The molecule has 134 valence electrons. The number of carbonyl (C=O) groups is 3. The van der Waals surface area contributed by atoms with E-state index in [1.54, 1.807) is 36.4 Å². The highest BCUT2D eigenvalue weighted by atomic mass is 35.5. The highest BCUT2D eigenvalue weighted by molar-refractivity contribution is 6.36. The summed E-state index contributed by atoms with van der Waals surface area (Å²) in [7, 11) is 0. The van der Waals surface area contributed by atoms with E-state index in [-0.39, 0.29) is 5.02 Å². The molecule has 0 atom stereocenters. The maximum absolute atomic E-state index is 12.8. The Morgan fingerprint density at radius 1 is 0.926 bits per heavy atom. The van der Waals surface area contributed by atoms with Gasteiger partial charge in [-0.3, -0.25) is 19.3 Å². The van der Waals surface area contributed by atoms with E-state index in [4.69, 9.17) is 23.2 Å². The van der Waals surface area contributed by atoms with Gasteiger partial charge < -0.3 is 5.32 Å². The number of halogens is 2. The van der Waals surface area contributed by atoms with Crippen LogP contribution in [0.3, 0.4) is 0 Å². The maximum Gasteiger partial charge on any atom is 0.261 e. The number of nitrogens with zero attached hydrogens (tertiary/aromatic N) is 1. The van der Waals surface area contributed by atoms with Crippen molar-refractivity contribution in [3.63, 3.8) is 0 Å². The number of benzene rings is 3. The Morgan fingerprint density at radius 2 is 1.56 bits per heavy atom. The van der Waals surface area contributed by atoms with E-state index in [9.17, 15) is 14.4 Å². The van der Waals surface area contributed by atoms with Crippen molar-refractivity contribution in [1.82, 2.24) is 4.90 Å². The molecule has 3 amide bonds. The number of amides is 3. The van der Waals surface area contributed by atoms with Gasteiger partial charge in [0.2, 0.25) is 5.91 Å². The Hall–Kier alpha value is -2.89. The Morgan fingerprint density at radius 3 is 2.15 bits per heavy atom. The molecule has 4 rings (SSSR count). The molecule has 0 fully saturated rings. The predicted octanol–water partition coefficient (Wildman–Crippen LogP) is 4.38. The molecule has 0 saturated heterocycles. The van der Waals surface area contributed by atoms with Crippen LogP contribution in [0.2, 0.25) is 10.0 Å². The highest BCUT2D eigenvalue weighted by Crippen LogP contribution is 2.30. The fourth-order valence-electron chi connectivity index (χ4n) is 3.15. The summed E-state index contributed by atoms with van der Waals surface area (Å²) in [6.07, 6.45) is 0. The summed E-state index contributed by atoms with van der Waals surface area (Å²) < 4.78 is 0. The second-order valence-corrected chi connectivity index (χ2v) is 6.92. The first-order valence-electron chi connectivity index (χ1n) is 8.08. The van der Waals surface area contributed by atoms with Crippen molar-refractivity contribution in [2.45, 2.75) is 0 Å². The first kappa shape index (κ1) is 17.5. The fraction of sp³-hybridized carbons (Fsp3) is 0.0500. The van der Waals surface area contributed by atoms with Gasteiger partial charge in [-0.2, -0.15) is 0 Å². The van der Waals surface area contributed by atoms with Gasteiger partial charge in [0.1, 0.15) is 6.54 Å². The summed E-state index contributed by atoms with van der Waals surface area (Å²) >= 11 is 11.9. The van der Waals surface area contributed by atoms with E-state index in [2.05, 4.69) is 5.32 Å². The number of hydrogen-bond acceptors (Lipinski definition) is 3. The van der Waals surface area contributed by atoms with Crippen molar-refractivity contribution >= 4 is 57.4 Å². The number of hydrogen-bond donors (Lipinski definition) is 1. The molecule has 0 unspecified atom stereocenters. The van der Waals surface area contributed by atoms with Crippen molar-refractivity contribution < 1.29 is 14.4 Å². The Balaban J connectivity index is 1.62. The molecule has 0 aliphatic carbocycles. The first-order valence-corrected chi connectivity index (χ1v) is 8.84. The van der Waals surface area contributed by atoms with Crippen molar-refractivity contribution in [2.75, 3.05) is 11.9 Å². The van der Waals surface area contributed by atoms with E-state index >= 15 is 0 Å². The molecule has 5 nitrogen and oxygen atoms in total. The third-order valence-electron chi connectivity index (χ3n) is 4.36. The van der Waals surface area contributed by atoms with Crippen LogP contribution in [0.25, 0.3) is 10.8 Å². The van der Waals surface area contributed by atoms with E-state index in [1.807, 2.05) is 12.1 Å². The molecule has 0 spiro atoms. The van der Waals surface area contributed by atoms with Gasteiger partial charge in [-0.15, -0.1) is 0 Å². The van der Waals surface area contributed by atoms with E-state index in [0.717, 1.165) is 10.3 Å². The van der Waals surface area contributed by atoms with E-state index in [0.29, 0.717) is 27.2 Å². The number of rotatable bonds is 3. The molecule has 1 aliphatic rings. The summed E-state index contributed by atoms with van der Waals surface area (Å²) in [6, 6.07) is 15.1. The van der Waals surface area contributed by atoms with Crippen LogP contribution in [0.15, 0.2) is 54.6 Å². The lowest BCUT2D eigenvalue weighted by Gasteiger charge is -2.26. The Labute approximate surface area is 164 Å². The summed E-state index contributed by atoms with van der Waals surface area (Å²) in [5.74, 6) is -1.53. The zero-order chi connectivity index (χ0) is 19.1. The maximum atomic E-state index is 12.8. The molecule has 1 N–H and O–H groups in total. The largest absolute Gasteiger partial charge is 0.323 e. The van der Waals surface area contributed by atoms with Crippen LogP contribution >= 0.6 is 23.2 Å². The van der Waals surface area contributed by atoms with E-state index < -0.39 is 24.3 Å². The van der Waals surface area contributed by atoms with Crippen molar-refractivity contribution in [3.8, 4) is 0 Å². The summed E-state index contributed by atoms with van der Waals surface area (Å²) in [6.45, 7) is -0.415. The average Bonchev–Trinajstić information content (AvgIpc) is 2.65. The van der Waals surface area contributed by atoms with Crippen molar-refractivity contribution in [3.05, 3.63) is 75.8 Å². The molecular weight excluding hydrogens is 387 g/mol. The SMILES string of the molecule is O=C(CN1C(=O)c2cccc3cccc(c23)C1=O)Nc1ccc(Cl)cc1Cl. The predicted molar refractivity (Wildman–Crippen MR) is 104 cm³/mol. The topological polar surface area (TPSA) is 66.5 Å². The summed E-state index contributed by atoms with van der Waals surface area (Å²) in [4.78, 5) is 38.9. The highest BCUT2D eigenvalue weighted by Gasteiger charge is 2.33. The normalized spacial score (nSPS) is 13.2. The van der Waals surface area contributed by atoms with Gasteiger partial charge in [0, 0.05) is 21.5 Å². The van der Waals surface area contributed by atoms with E-state index in [1.165, 1.54) is 6.07 Å². The third kappa shape index (κ3) is 3.05. The van der Waals surface area contributed by atoms with Crippen molar-refractivity contribution in [2.24, 2.45) is 0 Å². The quantitative estimate of drug-likeness (QED) is 0.665.